The van der Waals surface area contributed by atoms with Crippen LogP contribution in [0.1, 0.15) is 10.4 Å². The van der Waals surface area contributed by atoms with Crippen LogP contribution in [0.25, 0.3) is 0 Å². The monoisotopic (exact) mass is 329 g/mol. The lowest BCUT2D eigenvalue weighted by molar-refractivity contribution is 0.940. The van der Waals surface area contributed by atoms with Gasteiger partial charge in [0.2, 0.25) is 0 Å². The lowest BCUT2D eigenvalue weighted by Crippen LogP contribution is -2.15. The topological polar surface area (TPSA) is 3.24 Å². The fourth-order valence-electron chi connectivity index (χ4n) is 1.60. The summed E-state index contributed by atoms with van der Waals surface area (Å²) in [7, 11) is 2.09. The fraction of sp³-hybridized carbons (Fsp3) is 0.231. The molecule has 0 atom stereocenters. The van der Waals surface area contributed by atoms with Gasteiger partial charge in [-0.1, -0.05) is 39.7 Å². The molecule has 2 rings (SSSR count). The minimum absolute atomic E-state index is 0.850. The Bertz CT molecular complexity index is 480. The van der Waals surface area contributed by atoms with Crippen LogP contribution in [-0.2, 0) is 11.9 Å². The van der Waals surface area contributed by atoms with Gasteiger partial charge in [0.1, 0.15) is 0 Å². The molecule has 0 aliphatic rings. The molecular weight excluding hydrogens is 318 g/mol. The molecule has 4 heteroatoms. The van der Waals surface area contributed by atoms with Crippen LogP contribution in [-0.4, -0.2) is 7.05 Å². The van der Waals surface area contributed by atoms with E-state index in [1.165, 1.54) is 16.1 Å². The maximum atomic E-state index is 5.92. The van der Waals surface area contributed by atoms with Crippen LogP contribution in [0.15, 0.2) is 36.4 Å². The molecule has 0 fully saturated rings. The Morgan fingerprint density at radius 1 is 1.18 bits per heavy atom. The summed E-state index contributed by atoms with van der Waals surface area (Å²) in [6.45, 7) is 0.894. The van der Waals surface area contributed by atoms with E-state index >= 15 is 0 Å². The quantitative estimate of drug-likeness (QED) is 0.718. The Balaban J connectivity index is 2.06. The van der Waals surface area contributed by atoms with Crippen molar-refractivity contribution in [3.05, 3.63) is 51.2 Å². The number of rotatable bonds is 4. The normalized spacial score (nSPS) is 10.5. The summed E-state index contributed by atoms with van der Waals surface area (Å²) in [6.07, 6.45) is 0. The van der Waals surface area contributed by atoms with Crippen molar-refractivity contribution < 1.29 is 0 Å². The summed E-state index contributed by atoms with van der Waals surface area (Å²) in [4.78, 5) is 3.50. The number of hydrogen-bond acceptors (Lipinski definition) is 2. The van der Waals surface area contributed by atoms with Crippen molar-refractivity contribution in [2.24, 2.45) is 0 Å². The third-order valence-electron chi connectivity index (χ3n) is 2.55. The summed E-state index contributed by atoms with van der Waals surface area (Å²) >= 11 is 11.0. The van der Waals surface area contributed by atoms with Crippen molar-refractivity contribution >= 4 is 44.6 Å². The van der Waals surface area contributed by atoms with Crippen molar-refractivity contribution in [1.82, 2.24) is 0 Å². The molecule has 0 amide bonds. The zero-order valence-corrected chi connectivity index (χ0v) is 12.6. The Morgan fingerprint density at radius 3 is 2.41 bits per heavy atom. The molecule has 0 aliphatic carbocycles. The van der Waals surface area contributed by atoms with Gasteiger partial charge in [-0.3, -0.25) is 0 Å². The minimum Gasteiger partial charge on any atom is -0.369 e. The number of halogens is 2. The van der Waals surface area contributed by atoms with E-state index in [9.17, 15) is 0 Å². The van der Waals surface area contributed by atoms with Gasteiger partial charge in [-0.05, 0) is 29.8 Å². The second-order valence-electron chi connectivity index (χ2n) is 3.86. The average molecular weight is 331 g/mol. The van der Waals surface area contributed by atoms with Gasteiger partial charge >= 0.3 is 0 Å². The maximum Gasteiger partial charge on any atom is 0.0931 e. The first-order valence-electron chi connectivity index (χ1n) is 5.29. The van der Waals surface area contributed by atoms with Gasteiger partial charge < -0.3 is 4.90 Å². The number of thiophene rings is 1. The van der Waals surface area contributed by atoms with Gasteiger partial charge in [-0.15, -0.1) is 11.3 Å². The molecule has 0 radical (unpaired) electrons. The SMILES string of the molecule is CN(Cc1ccc(Cl)s1)c1ccc(CBr)cc1. The highest BCUT2D eigenvalue weighted by Gasteiger charge is 2.04. The average Bonchev–Trinajstić information content (AvgIpc) is 2.75. The molecule has 1 heterocycles. The van der Waals surface area contributed by atoms with Gasteiger partial charge in [-0.2, -0.15) is 0 Å². The summed E-state index contributed by atoms with van der Waals surface area (Å²) in [6, 6.07) is 12.6. The summed E-state index contributed by atoms with van der Waals surface area (Å²) < 4.78 is 0.850. The summed E-state index contributed by atoms with van der Waals surface area (Å²) in [5.41, 5.74) is 2.51. The van der Waals surface area contributed by atoms with Crippen molar-refractivity contribution in [2.75, 3.05) is 11.9 Å². The van der Waals surface area contributed by atoms with E-state index in [2.05, 4.69) is 58.2 Å². The molecule has 1 aromatic carbocycles. The highest BCUT2D eigenvalue weighted by molar-refractivity contribution is 9.08. The molecule has 0 saturated carbocycles. The molecule has 17 heavy (non-hydrogen) atoms. The summed E-state index contributed by atoms with van der Waals surface area (Å²) in [5.74, 6) is 0. The predicted molar refractivity (Wildman–Crippen MR) is 80.5 cm³/mol. The Labute approximate surface area is 119 Å². The number of benzene rings is 1. The Morgan fingerprint density at radius 2 is 1.88 bits per heavy atom. The fourth-order valence-corrected chi connectivity index (χ4v) is 3.12. The van der Waals surface area contributed by atoms with Gasteiger partial charge in [0.15, 0.2) is 0 Å². The largest absolute Gasteiger partial charge is 0.369 e. The van der Waals surface area contributed by atoms with E-state index in [0.717, 1.165) is 16.2 Å². The molecular formula is C13H13BrClNS. The van der Waals surface area contributed by atoms with Gasteiger partial charge in [0.05, 0.1) is 10.9 Å². The van der Waals surface area contributed by atoms with Crippen LogP contribution in [0.5, 0.6) is 0 Å². The number of anilines is 1. The van der Waals surface area contributed by atoms with Crippen LogP contribution in [0.2, 0.25) is 4.34 Å². The van der Waals surface area contributed by atoms with Crippen LogP contribution in [0, 0.1) is 0 Å². The molecule has 1 aromatic heterocycles. The molecule has 0 unspecified atom stereocenters. The van der Waals surface area contributed by atoms with E-state index in [4.69, 9.17) is 11.6 Å². The number of alkyl halides is 1. The third-order valence-corrected chi connectivity index (χ3v) is 4.42. The van der Waals surface area contributed by atoms with E-state index < -0.39 is 0 Å². The smallest absolute Gasteiger partial charge is 0.0931 e. The van der Waals surface area contributed by atoms with Crippen molar-refractivity contribution in [2.45, 2.75) is 11.9 Å². The maximum absolute atomic E-state index is 5.92. The Kier molecular flexibility index (Phi) is 4.48. The first-order chi connectivity index (χ1) is 8.19. The minimum atomic E-state index is 0.850. The van der Waals surface area contributed by atoms with Gasteiger partial charge in [0.25, 0.3) is 0 Å². The summed E-state index contributed by atoms with van der Waals surface area (Å²) in [5, 5.41) is 0.900. The lowest BCUT2D eigenvalue weighted by Gasteiger charge is -2.18. The highest BCUT2D eigenvalue weighted by Crippen LogP contribution is 2.24. The number of nitrogens with zero attached hydrogens (tertiary/aromatic N) is 1. The van der Waals surface area contributed by atoms with E-state index in [1.54, 1.807) is 11.3 Å². The third kappa shape index (κ3) is 3.47. The molecule has 90 valence electrons. The van der Waals surface area contributed by atoms with Crippen molar-refractivity contribution in [3.8, 4) is 0 Å². The van der Waals surface area contributed by atoms with E-state index in [0.29, 0.717) is 0 Å². The zero-order chi connectivity index (χ0) is 12.3. The number of hydrogen-bond donors (Lipinski definition) is 0. The molecule has 0 saturated heterocycles. The van der Waals surface area contributed by atoms with Gasteiger partial charge in [0, 0.05) is 22.9 Å². The first-order valence-corrected chi connectivity index (χ1v) is 7.61. The molecule has 0 aliphatic heterocycles. The van der Waals surface area contributed by atoms with Crippen molar-refractivity contribution in [3.63, 3.8) is 0 Å². The molecule has 2 aromatic rings. The second kappa shape index (κ2) is 5.89. The second-order valence-corrected chi connectivity index (χ2v) is 6.22. The van der Waals surface area contributed by atoms with E-state index in [-0.39, 0.29) is 0 Å². The van der Waals surface area contributed by atoms with Gasteiger partial charge in [-0.25, -0.2) is 0 Å². The van der Waals surface area contributed by atoms with Crippen LogP contribution in [0.4, 0.5) is 5.69 Å². The standard InChI is InChI=1S/C13H13BrClNS/c1-16(9-12-6-7-13(15)17-12)11-4-2-10(8-14)3-5-11/h2-7H,8-9H2,1H3. The molecule has 0 spiro atoms. The molecule has 0 N–H and O–H groups in total. The molecule has 0 bridgehead atoms. The zero-order valence-electron chi connectivity index (χ0n) is 9.49. The highest BCUT2D eigenvalue weighted by atomic mass is 79.9. The molecule has 1 nitrogen and oxygen atoms in total. The lowest BCUT2D eigenvalue weighted by atomic mass is 10.2. The van der Waals surface area contributed by atoms with Crippen molar-refractivity contribution in [1.29, 1.82) is 0 Å². The van der Waals surface area contributed by atoms with E-state index in [1.807, 2.05) is 6.07 Å². The Hall–Kier alpha value is -0.510. The predicted octanol–water partition coefficient (Wildman–Crippen LogP) is 4.93. The van der Waals surface area contributed by atoms with Crippen LogP contribution >= 0.6 is 38.9 Å². The first kappa shape index (κ1) is 12.9. The van der Waals surface area contributed by atoms with Crippen LogP contribution in [0.3, 0.4) is 0 Å². The van der Waals surface area contributed by atoms with Crippen LogP contribution < -0.4 is 4.90 Å².